The highest BCUT2D eigenvalue weighted by Gasteiger charge is 2.42. The van der Waals surface area contributed by atoms with Crippen molar-refractivity contribution in [2.75, 3.05) is 7.11 Å². The number of hydrogen-bond donors (Lipinski definition) is 2. The van der Waals surface area contributed by atoms with Crippen molar-refractivity contribution in [2.24, 2.45) is 0 Å². The molecule has 6 nitrogen and oxygen atoms in total. The van der Waals surface area contributed by atoms with Gasteiger partial charge < -0.3 is 24.4 Å². The summed E-state index contributed by atoms with van der Waals surface area (Å²) >= 11 is 0. The van der Waals surface area contributed by atoms with E-state index in [9.17, 15) is 15.0 Å². The van der Waals surface area contributed by atoms with E-state index in [2.05, 4.69) is 0 Å². The highest BCUT2D eigenvalue weighted by Crippen LogP contribution is 2.30. The van der Waals surface area contributed by atoms with E-state index in [1.54, 1.807) is 19.2 Å². The van der Waals surface area contributed by atoms with Gasteiger partial charge in [-0.2, -0.15) is 0 Å². The third-order valence-corrected chi connectivity index (χ3v) is 4.12. The van der Waals surface area contributed by atoms with Crippen molar-refractivity contribution in [3.63, 3.8) is 0 Å². The third kappa shape index (κ3) is 3.92. The fourth-order valence-corrected chi connectivity index (χ4v) is 2.72. The molecule has 2 N–H and O–H groups in total. The Hall–Kier alpha value is -2.57. The molecule has 2 aromatic carbocycles. The summed E-state index contributed by atoms with van der Waals surface area (Å²) in [5.74, 6) is 0.346. The molecule has 2 aromatic rings. The smallest absolute Gasteiger partial charge is 0.338 e. The number of benzene rings is 2. The van der Waals surface area contributed by atoms with E-state index < -0.39 is 24.3 Å². The molecule has 0 bridgehead atoms. The van der Waals surface area contributed by atoms with Crippen LogP contribution in [-0.4, -0.2) is 41.6 Å². The number of aliphatic hydroxyl groups excluding tert-OH is 2. The first kappa shape index (κ1) is 17.3. The van der Waals surface area contributed by atoms with E-state index in [0.717, 1.165) is 11.1 Å². The number of carbonyl (C=O) groups excluding carboxylic acids is 1. The second kappa shape index (κ2) is 7.55. The van der Waals surface area contributed by atoms with Gasteiger partial charge in [-0.25, -0.2) is 4.79 Å². The topological polar surface area (TPSA) is 85.2 Å². The highest BCUT2D eigenvalue weighted by molar-refractivity contribution is 5.77. The molecule has 1 aliphatic rings. The van der Waals surface area contributed by atoms with Gasteiger partial charge in [0, 0.05) is 6.42 Å². The number of rotatable bonds is 6. The average molecular weight is 344 g/mol. The minimum Gasteiger partial charge on any atom is -0.493 e. The number of cyclic esters (lactones) is 1. The van der Waals surface area contributed by atoms with E-state index in [4.69, 9.17) is 14.2 Å². The van der Waals surface area contributed by atoms with Crippen molar-refractivity contribution < 1.29 is 29.2 Å². The van der Waals surface area contributed by atoms with E-state index in [0.29, 0.717) is 18.1 Å². The van der Waals surface area contributed by atoms with Crippen molar-refractivity contribution in [2.45, 2.75) is 31.3 Å². The SMILES string of the molecule is COc1cc(C[C@H]2OC(=O)[C@H](O)[C@H]2O)ccc1OCc1ccccc1. The van der Waals surface area contributed by atoms with Crippen molar-refractivity contribution >= 4 is 5.97 Å². The molecule has 3 rings (SSSR count). The first-order chi connectivity index (χ1) is 12.1. The molecule has 1 saturated heterocycles. The molecular weight excluding hydrogens is 324 g/mol. The molecule has 0 spiro atoms. The Bertz CT molecular complexity index is 730. The van der Waals surface area contributed by atoms with Gasteiger partial charge in [0.2, 0.25) is 0 Å². The van der Waals surface area contributed by atoms with Crippen LogP contribution in [-0.2, 0) is 22.6 Å². The lowest BCUT2D eigenvalue weighted by Crippen LogP contribution is -2.32. The predicted molar refractivity (Wildman–Crippen MR) is 89.4 cm³/mol. The monoisotopic (exact) mass is 344 g/mol. The molecule has 3 atom stereocenters. The maximum atomic E-state index is 11.3. The molecular formula is C19H20O6. The summed E-state index contributed by atoms with van der Waals surface area (Å²) in [5.41, 5.74) is 1.85. The van der Waals surface area contributed by atoms with Crippen LogP contribution in [0.5, 0.6) is 11.5 Å². The molecule has 1 heterocycles. The number of ether oxygens (including phenoxy) is 3. The summed E-state index contributed by atoms with van der Waals surface area (Å²) in [4.78, 5) is 11.3. The lowest BCUT2D eigenvalue weighted by Gasteiger charge is -2.16. The van der Waals surface area contributed by atoms with Crippen molar-refractivity contribution in [1.29, 1.82) is 0 Å². The number of carbonyl (C=O) groups is 1. The van der Waals surface area contributed by atoms with Crippen molar-refractivity contribution in [3.05, 3.63) is 59.7 Å². The molecule has 0 aliphatic carbocycles. The molecule has 0 radical (unpaired) electrons. The normalized spacial score (nSPS) is 22.5. The lowest BCUT2D eigenvalue weighted by molar-refractivity contribution is -0.147. The van der Waals surface area contributed by atoms with Gasteiger partial charge in [0.25, 0.3) is 0 Å². The second-order valence-electron chi connectivity index (χ2n) is 5.87. The predicted octanol–water partition coefficient (Wildman–Crippen LogP) is 1.46. The first-order valence-corrected chi connectivity index (χ1v) is 7.98. The summed E-state index contributed by atoms with van der Waals surface area (Å²) in [6.07, 6.45) is -3.21. The largest absolute Gasteiger partial charge is 0.493 e. The van der Waals surface area contributed by atoms with Gasteiger partial charge in [0.1, 0.15) is 18.8 Å². The van der Waals surface area contributed by atoms with Crippen LogP contribution >= 0.6 is 0 Å². The summed E-state index contributed by atoms with van der Waals surface area (Å²) < 4.78 is 16.1. The minimum atomic E-state index is -1.49. The van der Waals surface area contributed by atoms with E-state index in [1.807, 2.05) is 36.4 Å². The van der Waals surface area contributed by atoms with Gasteiger partial charge in [-0.1, -0.05) is 36.4 Å². The molecule has 25 heavy (non-hydrogen) atoms. The summed E-state index contributed by atoms with van der Waals surface area (Å²) in [6.45, 7) is 0.418. The second-order valence-corrected chi connectivity index (χ2v) is 5.87. The molecule has 132 valence electrons. The van der Waals surface area contributed by atoms with Crippen LogP contribution in [0.4, 0.5) is 0 Å². The fraction of sp³-hybridized carbons (Fsp3) is 0.316. The van der Waals surface area contributed by atoms with Crippen molar-refractivity contribution in [3.8, 4) is 11.5 Å². The molecule has 1 aliphatic heterocycles. The van der Waals surface area contributed by atoms with Crippen LogP contribution in [0.3, 0.4) is 0 Å². The van der Waals surface area contributed by atoms with Gasteiger partial charge in [0.15, 0.2) is 17.6 Å². The molecule has 0 amide bonds. The first-order valence-electron chi connectivity index (χ1n) is 7.98. The number of methoxy groups -OCH3 is 1. The fourth-order valence-electron chi connectivity index (χ4n) is 2.72. The lowest BCUT2D eigenvalue weighted by atomic mass is 10.0. The van der Waals surface area contributed by atoms with Crippen molar-refractivity contribution in [1.82, 2.24) is 0 Å². The zero-order valence-electron chi connectivity index (χ0n) is 13.8. The summed E-state index contributed by atoms with van der Waals surface area (Å²) in [5, 5.41) is 19.3. The Labute approximate surface area is 145 Å². The van der Waals surface area contributed by atoms with Crippen LogP contribution < -0.4 is 9.47 Å². The van der Waals surface area contributed by atoms with Gasteiger partial charge >= 0.3 is 5.97 Å². The third-order valence-electron chi connectivity index (χ3n) is 4.12. The summed E-state index contributed by atoms with van der Waals surface area (Å²) in [6, 6.07) is 15.1. The van der Waals surface area contributed by atoms with Gasteiger partial charge in [-0.05, 0) is 23.3 Å². The van der Waals surface area contributed by atoms with E-state index in [1.165, 1.54) is 0 Å². The number of esters is 1. The number of hydrogen-bond acceptors (Lipinski definition) is 6. The molecule has 1 fully saturated rings. The molecule has 0 unspecified atom stereocenters. The van der Waals surface area contributed by atoms with Crippen LogP contribution in [0.15, 0.2) is 48.5 Å². The highest BCUT2D eigenvalue weighted by atomic mass is 16.6. The Morgan fingerprint density at radius 3 is 2.44 bits per heavy atom. The van der Waals surface area contributed by atoms with Crippen LogP contribution in [0.1, 0.15) is 11.1 Å². The van der Waals surface area contributed by atoms with Gasteiger partial charge in [-0.3, -0.25) is 0 Å². The Balaban J connectivity index is 1.68. The average Bonchev–Trinajstić information content (AvgIpc) is 2.88. The standard InChI is InChI=1S/C19H20O6/c1-23-15-9-13(10-16-17(20)18(21)19(22)25-16)7-8-14(15)24-11-12-5-3-2-4-6-12/h2-9,16-18,20-21H,10-11H2,1H3/t16-,17+,18-/m1/s1. The summed E-state index contributed by atoms with van der Waals surface area (Å²) in [7, 11) is 1.54. The molecule has 0 aromatic heterocycles. The maximum Gasteiger partial charge on any atom is 0.338 e. The Morgan fingerprint density at radius 2 is 1.80 bits per heavy atom. The van der Waals surface area contributed by atoms with Gasteiger partial charge in [0.05, 0.1) is 7.11 Å². The van der Waals surface area contributed by atoms with Gasteiger partial charge in [-0.15, -0.1) is 0 Å². The quantitative estimate of drug-likeness (QED) is 0.772. The van der Waals surface area contributed by atoms with Crippen LogP contribution in [0, 0.1) is 0 Å². The van der Waals surface area contributed by atoms with Crippen LogP contribution in [0.25, 0.3) is 0 Å². The molecule has 6 heteroatoms. The Morgan fingerprint density at radius 1 is 1.04 bits per heavy atom. The molecule has 0 saturated carbocycles. The zero-order chi connectivity index (χ0) is 17.8. The van der Waals surface area contributed by atoms with Crippen LogP contribution in [0.2, 0.25) is 0 Å². The minimum absolute atomic E-state index is 0.277. The zero-order valence-corrected chi connectivity index (χ0v) is 13.8. The Kier molecular flexibility index (Phi) is 5.21. The number of aliphatic hydroxyl groups is 2. The maximum absolute atomic E-state index is 11.3. The van der Waals surface area contributed by atoms with E-state index >= 15 is 0 Å². The van der Waals surface area contributed by atoms with E-state index in [-0.39, 0.29) is 6.42 Å².